The highest BCUT2D eigenvalue weighted by Crippen LogP contribution is 2.28. The minimum Gasteiger partial charge on any atom is -0.378 e. The summed E-state index contributed by atoms with van der Waals surface area (Å²) in [5, 5.41) is 7.99. The molecule has 0 aliphatic carbocycles. The number of aromatic nitrogens is 5. The van der Waals surface area contributed by atoms with Crippen molar-refractivity contribution in [3.05, 3.63) is 29.2 Å². The van der Waals surface area contributed by atoms with Gasteiger partial charge < -0.3 is 10.1 Å². The third kappa shape index (κ3) is 3.56. The number of ether oxygens (including phenoxy) is 1. The lowest BCUT2D eigenvalue weighted by Gasteiger charge is -2.25. The molecule has 1 aliphatic rings. The van der Waals surface area contributed by atoms with Crippen LogP contribution in [-0.2, 0) is 23.3 Å². The van der Waals surface area contributed by atoms with Gasteiger partial charge in [-0.05, 0) is 19.8 Å². The Morgan fingerprint density at radius 1 is 1.29 bits per heavy atom. The van der Waals surface area contributed by atoms with Gasteiger partial charge >= 0.3 is 0 Å². The van der Waals surface area contributed by atoms with E-state index in [1.165, 1.54) is 0 Å². The van der Waals surface area contributed by atoms with Crippen LogP contribution in [0.15, 0.2) is 6.07 Å². The third-order valence-electron chi connectivity index (χ3n) is 4.04. The van der Waals surface area contributed by atoms with Crippen LogP contribution >= 0.6 is 0 Å². The molecule has 0 amide bonds. The van der Waals surface area contributed by atoms with Crippen LogP contribution in [0.5, 0.6) is 0 Å². The van der Waals surface area contributed by atoms with Gasteiger partial charge in [0.05, 0.1) is 18.3 Å². The number of nitrogens with one attached hydrogen (secondary N) is 1. The molecular weight excluding hydrogens is 304 g/mol. The van der Waals surface area contributed by atoms with Gasteiger partial charge in [0.1, 0.15) is 23.3 Å². The number of nitrogens with zero attached hydrogens (tertiary/aromatic N) is 5. The van der Waals surface area contributed by atoms with Crippen LogP contribution in [0.3, 0.4) is 0 Å². The molecule has 24 heavy (non-hydrogen) atoms. The van der Waals surface area contributed by atoms with E-state index in [0.29, 0.717) is 6.61 Å². The SMILES string of the molecule is COCc1cc(NC2CCCn3nc(C)nc32)nc(C(C)(C)C)n1. The van der Waals surface area contributed by atoms with E-state index in [4.69, 9.17) is 9.72 Å². The van der Waals surface area contributed by atoms with Gasteiger partial charge in [-0.3, -0.25) is 0 Å². The Labute approximate surface area is 142 Å². The zero-order valence-corrected chi connectivity index (χ0v) is 15.1. The summed E-state index contributed by atoms with van der Waals surface area (Å²) in [4.78, 5) is 13.9. The van der Waals surface area contributed by atoms with E-state index in [2.05, 4.69) is 41.2 Å². The number of rotatable bonds is 4. The molecular formula is C17H26N6O. The molecule has 130 valence electrons. The smallest absolute Gasteiger partial charge is 0.149 e. The van der Waals surface area contributed by atoms with Crippen LogP contribution in [-0.4, -0.2) is 31.8 Å². The topological polar surface area (TPSA) is 77.8 Å². The zero-order chi connectivity index (χ0) is 17.3. The van der Waals surface area contributed by atoms with E-state index in [1.54, 1.807) is 7.11 Å². The molecule has 1 atom stereocenters. The molecule has 0 aromatic carbocycles. The van der Waals surface area contributed by atoms with Gasteiger partial charge in [-0.25, -0.2) is 19.6 Å². The van der Waals surface area contributed by atoms with Crippen molar-refractivity contribution in [2.75, 3.05) is 12.4 Å². The summed E-state index contributed by atoms with van der Waals surface area (Å²) in [6, 6.07) is 2.08. The summed E-state index contributed by atoms with van der Waals surface area (Å²) >= 11 is 0. The zero-order valence-electron chi connectivity index (χ0n) is 15.1. The van der Waals surface area contributed by atoms with Crippen molar-refractivity contribution in [3.8, 4) is 0 Å². The van der Waals surface area contributed by atoms with Gasteiger partial charge in [0.15, 0.2) is 0 Å². The molecule has 0 fully saturated rings. The Balaban J connectivity index is 1.91. The fraction of sp³-hybridized carbons (Fsp3) is 0.647. The lowest BCUT2D eigenvalue weighted by molar-refractivity contribution is 0.181. The second-order valence-corrected chi connectivity index (χ2v) is 7.33. The van der Waals surface area contributed by atoms with E-state index in [9.17, 15) is 0 Å². The molecule has 1 N–H and O–H groups in total. The monoisotopic (exact) mass is 330 g/mol. The molecule has 0 saturated carbocycles. The molecule has 2 aromatic heterocycles. The van der Waals surface area contributed by atoms with E-state index in [-0.39, 0.29) is 11.5 Å². The minimum absolute atomic E-state index is 0.122. The van der Waals surface area contributed by atoms with Crippen molar-refractivity contribution < 1.29 is 4.74 Å². The highest BCUT2D eigenvalue weighted by atomic mass is 16.5. The lowest BCUT2D eigenvalue weighted by Crippen LogP contribution is -2.24. The van der Waals surface area contributed by atoms with Gasteiger partial charge in [-0.15, -0.1) is 0 Å². The van der Waals surface area contributed by atoms with E-state index in [1.807, 2.05) is 17.7 Å². The Bertz CT molecular complexity index is 718. The number of anilines is 1. The van der Waals surface area contributed by atoms with Crippen molar-refractivity contribution in [2.45, 2.75) is 65.1 Å². The summed E-state index contributed by atoms with van der Waals surface area (Å²) < 4.78 is 7.25. The largest absolute Gasteiger partial charge is 0.378 e. The van der Waals surface area contributed by atoms with Gasteiger partial charge in [0, 0.05) is 25.1 Å². The van der Waals surface area contributed by atoms with E-state index in [0.717, 1.165) is 48.4 Å². The van der Waals surface area contributed by atoms with Gasteiger partial charge in [-0.1, -0.05) is 20.8 Å². The molecule has 2 aromatic rings. The van der Waals surface area contributed by atoms with E-state index < -0.39 is 0 Å². The molecule has 1 aliphatic heterocycles. The molecule has 0 bridgehead atoms. The fourth-order valence-corrected chi connectivity index (χ4v) is 2.91. The first-order valence-electron chi connectivity index (χ1n) is 8.42. The lowest BCUT2D eigenvalue weighted by atomic mass is 9.95. The van der Waals surface area contributed by atoms with E-state index >= 15 is 0 Å². The van der Waals surface area contributed by atoms with Crippen LogP contribution in [0.4, 0.5) is 5.82 Å². The number of methoxy groups -OCH3 is 1. The van der Waals surface area contributed by atoms with Crippen LogP contribution in [0.1, 0.15) is 62.8 Å². The normalized spacial score (nSPS) is 17.6. The Morgan fingerprint density at radius 3 is 2.79 bits per heavy atom. The number of fused-ring (bicyclic) bond motifs is 1. The average Bonchev–Trinajstić information content (AvgIpc) is 2.88. The highest BCUT2D eigenvalue weighted by Gasteiger charge is 2.25. The molecule has 0 spiro atoms. The maximum absolute atomic E-state index is 5.26. The van der Waals surface area contributed by atoms with Gasteiger partial charge in [0.25, 0.3) is 0 Å². The summed E-state index contributed by atoms with van der Waals surface area (Å²) in [6.45, 7) is 9.68. The highest BCUT2D eigenvalue weighted by molar-refractivity contribution is 5.39. The molecule has 3 heterocycles. The molecule has 7 heteroatoms. The molecule has 0 radical (unpaired) electrons. The third-order valence-corrected chi connectivity index (χ3v) is 4.04. The first kappa shape index (κ1) is 16.8. The standard InChI is InChI=1S/C17H26N6O/c1-11-18-15-13(7-6-8-23(15)22-11)20-14-9-12(10-24-5)19-16(21-14)17(2,3)4/h9,13H,6-8,10H2,1-5H3,(H,19,20,21). The van der Waals surface area contributed by atoms with Crippen LogP contribution in [0.25, 0.3) is 0 Å². The Kier molecular flexibility index (Phi) is 4.54. The second-order valence-electron chi connectivity index (χ2n) is 7.33. The maximum Gasteiger partial charge on any atom is 0.149 e. The number of aryl methyl sites for hydroxylation is 2. The molecule has 0 saturated heterocycles. The summed E-state index contributed by atoms with van der Waals surface area (Å²) in [6.07, 6.45) is 2.10. The van der Waals surface area contributed by atoms with Crippen LogP contribution < -0.4 is 5.32 Å². The average molecular weight is 330 g/mol. The van der Waals surface area contributed by atoms with Gasteiger partial charge in [-0.2, -0.15) is 5.10 Å². The predicted octanol–water partition coefficient (Wildman–Crippen LogP) is 2.77. The van der Waals surface area contributed by atoms with Crippen molar-refractivity contribution in [1.82, 2.24) is 24.7 Å². The molecule has 3 rings (SSSR count). The first-order chi connectivity index (χ1) is 11.4. The summed E-state index contributed by atoms with van der Waals surface area (Å²) in [7, 11) is 1.68. The first-order valence-corrected chi connectivity index (χ1v) is 8.42. The van der Waals surface area contributed by atoms with Crippen molar-refractivity contribution in [3.63, 3.8) is 0 Å². The number of hydrogen-bond acceptors (Lipinski definition) is 6. The predicted molar refractivity (Wildman–Crippen MR) is 91.8 cm³/mol. The van der Waals surface area contributed by atoms with Crippen molar-refractivity contribution in [2.24, 2.45) is 0 Å². The van der Waals surface area contributed by atoms with Crippen molar-refractivity contribution >= 4 is 5.82 Å². The summed E-state index contributed by atoms with van der Waals surface area (Å²) in [5.74, 6) is 3.44. The molecule has 7 nitrogen and oxygen atoms in total. The van der Waals surface area contributed by atoms with Gasteiger partial charge in [0.2, 0.25) is 0 Å². The second kappa shape index (κ2) is 6.47. The van der Waals surface area contributed by atoms with Crippen LogP contribution in [0.2, 0.25) is 0 Å². The fourth-order valence-electron chi connectivity index (χ4n) is 2.91. The van der Waals surface area contributed by atoms with Crippen LogP contribution in [0, 0.1) is 6.92 Å². The van der Waals surface area contributed by atoms with Crippen molar-refractivity contribution in [1.29, 1.82) is 0 Å². The Morgan fingerprint density at radius 2 is 2.08 bits per heavy atom. The minimum atomic E-state index is -0.122. The molecule has 1 unspecified atom stereocenters. The summed E-state index contributed by atoms with van der Waals surface area (Å²) in [5.41, 5.74) is 0.761. The maximum atomic E-state index is 5.26. The number of hydrogen-bond donors (Lipinski definition) is 1. The quantitative estimate of drug-likeness (QED) is 0.929. The Hall–Kier alpha value is -2.02.